The molecular formula is C14H32N4. The number of aliphatic imine (C=N–C) groups is 1. The first-order chi connectivity index (χ1) is 8.67. The van der Waals surface area contributed by atoms with E-state index in [-0.39, 0.29) is 0 Å². The molecule has 0 aromatic rings. The van der Waals surface area contributed by atoms with Crippen LogP contribution in [0.4, 0.5) is 0 Å². The third-order valence-electron chi connectivity index (χ3n) is 3.31. The van der Waals surface area contributed by atoms with E-state index in [2.05, 4.69) is 48.2 Å². The van der Waals surface area contributed by atoms with Crippen LogP contribution in [0.1, 0.15) is 47.0 Å². The van der Waals surface area contributed by atoms with E-state index in [1.54, 1.807) is 0 Å². The Balaban J connectivity index is 3.63. The van der Waals surface area contributed by atoms with Gasteiger partial charge in [0.2, 0.25) is 0 Å². The number of hydrogen-bond donors (Lipinski definition) is 2. The van der Waals surface area contributed by atoms with Crippen LogP contribution in [0.5, 0.6) is 0 Å². The number of rotatable bonds is 9. The summed E-state index contributed by atoms with van der Waals surface area (Å²) in [5, 5.41) is 6.73. The normalized spacial score (nSPS) is 13.8. The first-order valence-corrected chi connectivity index (χ1v) is 7.37. The fourth-order valence-electron chi connectivity index (χ4n) is 1.74. The van der Waals surface area contributed by atoms with Crippen LogP contribution in [0.25, 0.3) is 0 Å². The molecule has 1 unspecified atom stereocenters. The van der Waals surface area contributed by atoms with Gasteiger partial charge in [-0.1, -0.05) is 20.8 Å². The molecule has 0 fully saturated rings. The molecule has 4 heteroatoms. The molecule has 0 aliphatic rings. The van der Waals surface area contributed by atoms with Crippen molar-refractivity contribution in [2.45, 2.75) is 53.0 Å². The average Bonchev–Trinajstić information content (AvgIpc) is 2.41. The highest BCUT2D eigenvalue weighted by molar-refractivity contribution is 5.79. The number of nitrogens with zero attached hydrogens (tertiary/aromatic N) is 2. The van der Waals surface area contributed by atoms with E-state index in [4.69, 9.17) is 0 Å². The largest absolute Gasteiger partial charge is 0.356 e. The lowest BCUT2D eigenvalue weighted by molar-refractivity contribution is 0.297. The second kappa shape index (κ2) is 11.3. The molecule has 0 rings (SSSR count). The summed E-state index contributed by atoms with van der Waals surface area (Å²) in [4.78, 5) is 6.69. The quantitative estimate of drug-likeness (QED) is 0.377. The van der Waals surface area contributed by atoms with Gasteiger partial charge in [0, 0.05) is 19.6 Å². The molecule has 0 saturated carbocycles. The zero-order valence-electron chi connectivity index (χ0n) is 12.9. The molecule has 1 atom stereocenters. The molecule has 0 saturated heterocycles. The Hall–Kier alpha value is -0.770. The summed E-state index contributed by atoms with van der Waals surface area (Å²) in [6.45, 7) is 13.3. The standard InChI is InChI=1S/C14H32N4/c1-6-13(4)17-14(15-5)16-11-9-10-12-18(7-2)8-3/h13H,6-12H2,1-5H3,(H2,15,16,17). The number of hydrogen-bond acceptors (Lipinski definition) is 2. The molecule has 4 nitrogen and oxygen atoms in total. The molecule has 0 aromatic heterocycles. The molecule has 0 aliphatic heterocycles. The SMILES string of the molecule is CCC(C)NC(=NC)NCCCCN(CC)CC. The number of nitrogens with one attached hydrogen (secondary N) is 2. The molecule has 2 N–H and O–H groups in total. The van der Waals surface area contributed by atoms with Gasteiger partial charge in [-0.05, 0) is 45.8 Å². The van der Waals surface area contributed by atoms with Gasteiger partial charge in [-0.3, -0.25) is 4.99 Å². The van der Waals surface area contributed by atoms with Crippen molar-refractivity contribution in [1.82, 2.24) is 15.5 Å². The predicted molar refractivity (Wildman–Crippen MR) is 81.3 cm³/mol. The lowest BCUT2D eigenvalue weighted by atomic mass is 10.2. The van der Waals surface area contributed by atoms with Gasteiger partial charge in [0.05, 0.1) is 0 Å². The van der Waals surface area contributed by atoms with Crippen molar-refractivity contribution in [2.75, 3.05) is 33.2 Å². The van der Waals surface area contributed by atoms with Crippen LogP contribution in [0.3, 0.4) is 0 Å². The van der Waals surface area contributed by atoms with E-state index in [0.29, 0.717) is 6.04 Å². The van der Waals surface area contributed by atoms with Crippen LogP contribution in [0.2, 0.25) is 0 Å². The number of guanidine groups is 1. The van der Waals surface area contributed by atoms with Crippen molar-refractivity contribution < 1.29 is 0 Å². The summed E-state index contributed by atoms with van der Waals surface area (Å²) in [5.41, 5.74) is 0. The topological polar surface area (TPSA) is 39.7 Å². The molecule has 0 bridgehead atoms. The van der Waals surface area contributed by atoms with Crippen LogP contribution in [0.15, 0.2) is 4.99 Å². The van der Waals surface area contributed by atoms with Gasteiger partial charge in [0.15, 0.2) is 5.96 Å². The van der Waals surface area contributed by atoms with Gasteiger partial charge in [-0.2, -0.15) is 0 Å². The predicted octanol–water partition coefficient (Wildman–Crippen LogP) is 2.07. The van der Waals surface area contributed by atoms with Crippen molar-refractivity contribution in [1.29, 1.82) is 0 Å². The van der Waals surface area contributed by atoms with Crippen molar-refractivity contribution in [3.63, 3.8) is 0 Å². The number of unbranched alkanes of at least 4 members (excludes halogenated alkanes) is 1. The monoisotopic (exact) mass is 256 g/mol. The second-order valence-corrected chi connectivity index (χ2v) is 4.69. The Labute approximate surface area is 113 Å². The van der Waals surface area contributed by atoms with E-state index in [1.807, 2.05) is 7.05 Å². The molecular weight excluding hydrogens is 224 g/mol. The van der Waals surface area contributed by atoms with Crippen molar-refractivity contribution in [3.8, 4) is 0 Å². The summed E-state index contributed by atoms with van der Waals surface area (Å²) in [6, 6.07) is 0.479. The molecule has 0 spiro atoms. The first-order valence-electron chi connectivity index (χ1n) is 7.37. The molecule has 0 aromatic carbocycles. The van der Waals surface area contributed by atoms with Gasteiger partial charge >= 0.3 is 0 Å². The van der Waals surface area contributed by atoms with Gasteiger partial charge in [-0.15, -0.1) is 0 Å². The maximum absolute atomic E-state index is 4.23. The fourth-order valence-corrected chi connectivity index (χ4v) is 1.74. The Morgan fingerprint density at radius 2 is 1.83 bits per heavy atom. The van der Waals surface area contributed by atoms with Gasteiger partial charge < -0.3 is 15.5 Å². The third kappa shape index (κ3) is 8.34. The maximum atomic E-state index is 4.23. The summed E-state index contributed by atoms with van der Waals surface area (Å²) in [6.07, 6.45) is 3.55. The lowest BCUT2D eigenvalue weighted by Crippen LogP contribution is -2.42. The van der Waals surface area contributed by atoms with Gasteiger partial charge in [0.25, 0.3) is 0 Å². The van der Waals surface area contributed by atoms with Crippen molar-refractivity contribution in [3.05, 3.63) is 0 Å². The van der Waals surface area contributed by atoms with E-state index in [9.17, 15) is 0 Å². The summed E-state index contributed by atoms with van der Waals surface area (Å²) >= 11 is 0. The summed E-state index contributed by atoms with van der Waals surface area (Å²) in [5.74, 6) is 0.923. The Morgan fingerprint density at radius 1 is 1.17 bits per heavy atom. The maximum Gasteiger partial charge on any atom is 0.191 e. The average molecular weight is 256 g/mol. The molecule has 0 heterocycles. The highest BCUT2D eigenvalue weighted by Gasteiger charge is 2.02. The fraction of sp³-hybridized carbons (Fsp3) is 0.929. The minimum Gasteiger partial charge on any atom is -0.356 e. The van der Waals surface area contributed by atoms with Crippen LogP contribution in [-0.2, 0) is 0 Å². The lowest BCUT2D eigenvalue weighted by Gasteiger charge is -2.18. The zero-order chi connectivity index (χ0) is 13.8. The molecule has 0 amide bonds. The van der Waals surface area contributed by atoms with Gasteiger partial charge in [0.1, 0.15) is 0 Å². The van der Waals surface area contributed by atoms with Crippen LogP contribution < -0.4 is 10.6 Å². The molecule has 0 aliphatic carbocycles. The van der Waals surface area contributed by atoms with Crippen molar-refractivity contribution >= 4 is 5.96 Å². The Morgan fingerprint density at radius 3 is 2.33 bits per heavy atom. The third-order valence-corrected chi connectivity index (χ3v) is 3.31. The Kier molecular flexibility index (Phi) is 10.8. The summed E-state index contributed by atoms with van der Waals surface area (Å²) < 4.78 is 0. The first kappa shape index (κ1) is 17.2. The van der Waals surface area contributed by atoms with Crippen LogP contribution in [0, 0.1) is 0 Å². The van der Waals surface area contributed by atoms with E-state index in [0.717, 1.165) is 32.0 Å². The minimum absolute atomic E-state index is 0.479. The highest BCUT2D eigenvalue weighted by Crippen LogP contribution is 1.94. The summed E-state index contributed by atoms with van der Waals surface area (Å²) in [7, 11) is 1.83. The van der Waals surface area contributed by atoms with E-state index in [1.165, 1.54) is 19.4 Å². The smallest absolute Gasteiger partial charge is 0.191 e. The molecule has 0 radical (unpaired) electrons. The van der Waals surface area contributed by atoms with Gasteiger partial charge in [-0.25, -0.2) is 0 Å². The highest BCUT2D eigenvalue weighted by atomic mass is 15.2. The second-order valence-electron chi connectivity index (χ2n) is 4.69. The van der Waals surface area contributed by atoms with E-state index < -0.39 is 0 Å². The van der Waals surface area contributed by atoms with Crippen LogP contribution in [-0.4, -0.2) is 50.1 Å². The van der Waals surface area contributed by atoms with E-state index >= 15 is 0 Å². The van der Waals surface area contributed by atoms with Crippen LogP contribution >= 0.6 is 0 Å². The van der Waals surface area contributed by atoms with Crippen molar-refractivity contribution in [2.24, 2.45) is 4.99 Å². The zero-order valence-corrected chi connectivity index (χ0v) is 12.9. The minimum atomic E-state index is 0.479. The molecule has 108 valence electrons. The Bertz CT molecular complexity index is 212. The molecule has 18 heavy (non-hydrogen) atoms.